The Morgan fingerprint density at radius 1 is 1.12 bits per heavy atom. The Morgan fingerprint density at radius 2 is 1.77 bits per heavy atom. The molecule has 1 amide bonds. The minimum absolute atomic E-state index is 0.114. The third-order valence-corrected chi connectivity index (χ3v) is 5.11. The number of rotatable bonds is 9. The summed E-state index contributed by atoms with van der Waals surface area (Å²) in [6.07, 6.45) is 5.93. The molecule has 1 aliphatic rings. The van der Waals surface area contributed by atoms with Crippen molar-refractivity contribution >= 4 is 11.6 Å². The first-order valence-electron chi connectivity index (χ1n) is 9.98. The van der Waals surface area contributed by atoms with E-state index in [4.69, 9.17) is 9.47 Å². The fourth-order valence-electron chi connectivity index (χ4n) is 3.20. The molecule has 1 aliphatic heterocycles. The van der Waals surface area contributed by atoms with Gasteiger partial charge in [-0.3, -0.25) is 9.69 Å². The second-order valence-corrected chi connectivity index (χ2v) is 7.10. The standard InChI is InChI=1S/C21H34N2O3/c1-4-21(3,26-5-2)20(24)22-18-10-12-19(13-11-18)25-17-16-23-14-8-6-7-9-15-23/h10-13H,4-9,14-17H2,1-3H3,(H,22,24)/t21-/m0/s1. The number of benzene rings is 1. The van der Waals surface area contributed by atoms with E-state index in [1.54, 1.807) is 0 Å². The molecule has 5 nitrogen and oxygen atoms in total. The highest BCUT2D eigenvalue weighted by molar-refractivity contribution is 5.97. The molecule has 1 saturated heterocycles. The highest BCUT2D eigenvalue weighted by atomic mass is 16.5. The van der Waals surface area contributed by atoms with Gasteiger partial charge >= 0.3 is 0 Å². The van der Waals surface area contributed by atoms with Gasteiger partial charge in [-0.15, -0.1) is 0 Å². The predicted octanol–water partition coefficient (Wildman–Crippen LogP) is 4.09. The molecule has 146 valence electrons. The molecule has 0 aromatic heterocycles. The van der Waals surface area contributed by atoms with Crippen LogP contribution in [0.3, 0.4) is 0 Å². The maximum absolute atomic E-state index is 12.4. The Balaban J connectivity index is 1.79. The predicted molar refractivity (Wildman–Crippen MR) is 106 cm³/mol. The van der Waals surface area contributed by atoms with Gasteiger partial charge in [0.1, 0.15) is 18.0 Å². The topological polar surface area (TPSA) is 50.8 Å². The number of hydrogen-bond donors (Lipinski definition) is 1. The molecule has 1 N–H and O–H groups in total. The SMILES string of the molecule is CCO[C@@](C)(CC)C(=O)Nc1ccc(OCCN2CCCCCC2)cc1. The number of carbonyl (C=O) groups excluding carboxylic acids is 1. The van der Waals surface area contributed by atoms with E-state index in [0.717, 1.165) is 18.0 Å². The molecule has 1 fully saturated rings. The van der Waals surface area contributed by atoms with Crippen molar-refractivity contribution in [2.24, 2.45) is 0 Å². The number of likely N-dealkylation sites (tertiary alicyclic amines) is 1. The average Bonchev–Trinajstić information content (AvgIpc) is 2.92. The smallest absolute Gasteiger partial charge is 0.256 e. The van der Waals surface area contributed by atoms with Gasteiger partial charge in [-0.2, -0.15) is 0 Å². The summed E-state index contributed by atoms with van der Waals surface area (Å²) in [5.74, 6) is 0.720. The number of hydrogen-bond acceptors (Lipinski definition) is 4. The second kappa shape index (κ2) is 10.5. The van der Waals surface area contributed by atoms with Gasteiger partial charge in [-0.25, -0.2) is 0 Å². The summed E-state index contributed by atoms with van der Waals surface area (Å²) in [6.45, 7) is 10.2. The summed E-state index contributed by atoms with van der Waals surface area (Å²) >= 11 is 0. The van der Waals surface area contributed by atoms with Crippen LogP contribution in [0.1, 0.15) is 52.9 Å². The van der Waals surface area contributed by atoms with Crippen molar-refractivity contribution in [3.05, 3.63) is 24.3 Å². The number of amides is 1. The zero-order valence-corrected chi connectivity index (χ0v) is 16.6. The Morgan fingerprint density at radius 3 is 2.35 bits per heavy atom. The quantitative estimate of drug-likeness (QED) is 0.719. The van der Waals surface area contributed by atoms with Gasteiger partial charge in [0.25, 0.3) is 5.91 Å². The Kier molecular flexibility index (Phi) is 8.39. The molecule has 1 aromatic rings. The first-order chi connectivity index (χ1) is 12.6. The first-order valence-corrected chi connectivity index (χ1v) is 9.98. The molecule has 2 rings (SSSR count). The summed E-state index contributed by atoms with van der Waals surface area (Å²) in [5.41, 5.74) is -0.0360. The van der Waals surface area contributed by atoms with E-state index in [9.17, 15) is 4.79 Å². The lowest BCUT2D eigenvalue weighted by Crippen LogP contribution is -2.42. The Hall–Kier alpha value is -1.59. The van der Waals surface area contributed by atoms with Gasteiger partial charge in [0.05, 0.1) is 0 Å². The molecule has 0 radical (unpaired) electrons. The Labute approximate surface area is 158 Å². The van der Waals surface area contributed by atoms with E-state index in [2.05, 4.69) is 10.2 Å². The summed E-state index contributed by atoms with van der Waals surface area (Å²) in [7, 11) is 0. The van der Waals surface area contributed by atoms with E-state index in [1.165, 1.54) is 38.8 Å². The monoisotopic (exact) mass is 362 g/mol. The molecule has 5 heteroatoms. The van der Waals surface area contributed by atoms with Crippen molar-refractivity contribution in [3.8, 4) is 5.75 Å². The highest BCUT2D eigenvalue weighted by Crippen LogP contribution is 2.21. The summed E-state index contributed by atoms with van der Waals surface area (Å²) in [5, 5.41) is 2.93. The van der Waals surface area contributed by atoms with E-state index >= 15 is 0 Å². The normalized spacial score (nSPS) is 18.0. The fraction of sp³-hybridized carbons (Fsp3) is 0.667. The third kappa shape index (κ3) is 6.29. The van der Waals surface area contributed by atoms with Crippen LogP contribution in [0.15, 0.2) is 24.3 Å². The number of anilines is 1. The summed E-state index contributed by atoms with van der Waals surface area (Å²) in [4.78, 5) is 14.9. The van der Waals surface area contributed by atoms with Crippen LogP contribution in [-0.4, -0.2) is 49.3 Å². The van der Waals surface area contributed by atoms with Crippen LogP contribution in [0.25, 0.3) is 0 Å². The van der Waals surface area contributed by atoms with E-state index in [-0.39, 0.29) is 5.91 Å². The molecular weight excluding hydrogens is 328 g/mol. The molecule has 0 aliphatic carbocycles. The van der Waals surface area contributed by atoms with Crippen molar-refractivity contribution in [3.63, 3.8) is 0 Å². The van der Waals surface area contributed by atoms with Gasteiger partial charge in [0.15, 0.2) is 0 Å². The lowest BCUT2D eigenvalue weighted by Gasteiger charge is -2.26. The fourth-order valence-corrected chi connectivity index (χ4v) is 3.20. The van der Waals surface area contributed by atoms with Crippen LogP contribution >= 0.6 is 0 Å². The molecule has 0 bridgehead atoms. The summed E-state index contributed by atoms with van der Waals surface area (Å²) in [6, 6.07) is 7.56. The molecule has 0 saturated carbocycles. The van der Waals surface area contributed by atoms with Gasteiger partial charge < -0.3 is 14.8 Å². The van der Waals surface area contributed by atoms with Crippen LogP contribution in [0.5, 0.6) is 5.75 Å². The van der Waals surface area contributed by atoms with Crippen molar-refractivity contribution in [1.82, 2.24) is 4.90 Å². The third-order valence-electron chi connectivity index (χ3n) is 5.11. The number of nitrogens with zero attached hydrogens (tertiary/aromatic N) is 1. The summed E-state index contributed by atoms with van der Waals surface area (Å²) < 4.78 is 11.5. The van der Waals surface area contributed by atoms with Crippen LogP contribution in [-0.2, 0) is 9.53 Å². The van der Waals surface area contributed by atoms with Gasteiger partial charge in [0.2, 0.25) is 0 Å². The number of nitrogens with one attached hydrogen (secondary N) is 1. The van der Waals surface area contributed by atoms with Crippen LogP contribution in [0, 0.1) is 0 Å². The molecule has 1 atom stereocenters. The lowest BCUT2D eigenvalue weighted by atomic mass is 10.0. The van der Waals surface area contributed by atoms with Crippen molar-refractivity contribution < 1.29 is 14.3 Å². The largest absolute Gasteiger partial charge is 0.492 e. The molecule has 1 aromatic carbocycles. The molecule has 0 spiro atoms. The maximum Gasteiger partial charge on any atom is 0.256 e. The molecule has 1 heterocycles. The first kappa shape index (κ1) is 20.7. The van der Waals surface area contributed by atoms with Gasteiger partial charge in [0, 0.05) is 18.8 Å². The molecule has 0 unspecified atom stereocenters. The van der Waals surface area contributed by atoms with E-state index in [1.807, 2.05) is 45.0 Å². The maximum atomic E-state index is 12.4. The zero-order chi connectivity index (χ0) is 18.8. The van der Waals surface area contributed by atoms with Crippen molar-refractivity contribution in [1.29, 1.82) is 0 Å². The van der Waals surface area contributed by atoms with Crippen LogP contribution in [0.2, 0.25) is 0 Å². The van der Waals surface area contributed by atoms with Crippen molar-refractivity contribution in [2.45, 2.75) is 58.5 Å². The van der Waals surface area contributed by atoms with Gasteiger partial charge in [-0.1, -0.05) is 19.8 Å². The van der Waals surface area contributed by atoms with Crippen LogP contribution in [0.4, 0.5) is 5.69 Å². The highest BCUT2D eigenvalue weighted by Gasteiger charge is 2.31. The molecular formula is C21H34N2O3. The Bertz CT molecular complexity index is 539. The molecule has 26 heavy (non-hydrogen) atoms. The average molecular weight is 363 g/mol. The number of carbonyl (C=O) groups is 1. The van der Waals surface area contributed by atoms with E-state index in [0.29, 0.717) is 19.6 Å². The van der Waals surface area contributed by atoms with Gasteiger partial charge in [-0.05, 0) is 70.5 Å². The van der Waals surface area contributed by atoms with Crippen molar-refractivity contribution in [2.75, 3.05) is 38.2 Å². The number of ether oxygens (including phenoxy) is 2. The minimum Gasteiger partial charge on any atom is -0.492 e. The van der Waals surface area contributed by atoms with E-state index < -0.39 is 5.60 Å². The second-order valence-electron chi connectivity index (χ2n) is 7.10. The lowest BCUT2D eigenvalue weighted by molar-refractivity contribution is -0.139. The minimum atomic E-state index is -0.795. The van der Waals surface area contributed by atoms with Crippen LogP contribution < -0.4 is 10.1 Å². The zero-order valence-electron chi connectivity index (χ0n) is 16.6.